The highest BCUT2D eigenvalue weighted by molar-refractivity contribution is 5.75. The van der Waals surface area contributed by atoms with Gasteiger partial charge in [0.05, 0.1) is 12.6 Å². The van der Waals surface area contributed by atoms with Crippen molar-refractivity contribution in [2.75, 3.05) is 13.2 Å². The fourth-order valence-corrected chi connectivity index (χ4v) is 3.22. The Kier molecular flexibility index (Phi) is 4.39. The summed E-state index contributed by atoms with van der Waals surface area (Å²) in [4.78, 5) is 14.3. The molecule has 2 amide bonds. The minimum Gasteiger partial charge on any atom is -0.466 e. The second kappa shape index (κ2) is 6.46. The highest BCUT2D eigenvalue weighted by atomic mass is 16.3. The van der Waals surface area contributed by atoms with Crippen molar-refractivity contribution in [3.63, 3.8) is 0 Å². The first-order chi connectivity index (χ1) is 11.1. The number of nitrogens with one attached hydrogen (secondary N) is 1. The lowest BCUT2D eigenvalue weighted by atomic mass is 9.93. The molecular weight excluding hydrogens is 292 g/mol. The van der Waals surface area contributed by atoms with Crippen LogP contribution in [0.1, 0.15) is 34.3 Å². The molecule has 0 saturated carbocycles. The van der Waals surface area contributed by atoms with Gasteiger partial charge in [0, 0.05) is 18.7 Å². The molecule has 122 valence electrons. The standard InChI is InChI=1S/C18H22N2O3/c1-12-9-15(13(2)23-12)10-19-18(22)20-8-7-14-5-3-4-6-16(14)17(20)11-21/h3-6,9,17,21H,7-8,10-11H2,1-2H3,(H,19,22)/t17-/m0/s1. The summed E-state index contributed by atoms with van der Waals surface area (Å²) >= 11 is 0. The van der Waals surface area contributed by atoms with E-state index in [1.165, 1.54) is 5.56 Å². The van der Waals surface area contributed by atoms with Crippen LogP contribution in [0.4, 0.5) is 4.79 Å². The average molecular weight is 314 g/mol. The molecule has 3 rings (SSSR count). The van der Waals surface area contributed by atoms with Crippen LogP contribution in [0.3, 0.4) is 0 Å². The van der Waals surface area contributed by atoms with Crippen molar-refractivity contribution in [3.8, 4) is 0 Å². The van der Waals surface area contributed by atoms with E-state index in [4.69, 9.17) is 4.42 Å². The molecule has 0 radical (unpaired) electrons. The van der Waals surface area contributed by atoms with Crippen LogP contribution in [0.15, 0.2) is 34.7 Å². The summed E-state index contributed by atoms with van der Waals surface area (Å²) in [7, 11) is 0. The van der Waals surface area contributed by atoms with Gasteiger partial charge in [0.25, 0.3) is 0 Å². The van der Waals surface area contributed by atoms with Crippen LogP contribution in [-0.2, 0) is 13.0 Å². The second-order valence-corrected chi connectivity index (χ2v) is 5.94. The van der Waals surface area contributed by atoms with Crippen molar-refractivity contribution < 1.29 is 14.3 Å². The van der Waals surface area contributed by atoms with Gasteiger partial charge < -0.3 is 19.7 Å². The average Bonchev–Trinajstić information content (AvgIpc) is 2.89. The summed E-state index contributed by atoms with van der Waals surface area (Å²) in [5.74, 6) is 1.66. The number of aliphatic hydroxyl groups is 1. The fourth-order valence-electron chi connectivity index (χ4n) is 3.22. The maximum Gasteiger partial charge on any atom is 0.318 e. The van der Waals surface area contributed by atoms with Crippen LogP contribution >= 0.6 is 0 Å². The predicted octanol–water partition coefficient (Wildman–Crippen LogP) is 2.70. The Morgan fingerprint density at radius 2 is 2.17 bits per heavy atom. The number of carbonyl (C=O) groups is 1. The lowest BCUT2D eigenvalue weighted by molar-refractivity contribution is 0.126. The van der Waals surface area contributed by atoms with Crippen molar-refractivity contribution in [1.29, 1.82) is 0 Å². The molecule has 1 atom stereocenters. The summed E-state index contributed by atoms with van der Waals surface area (Å²) < 4.78 is 5.48. The molecule has 1 aliphatic rings. The zero-order valence-electron chi connectivity index (χ0n) is 13.5. The summed E-state index contributed by atoms with van der Waals surface area (Å²) in [6.07, 6.45) is 0.809. The van der Waals surface area contributed by atoms with E-state index in [2.05, 4.69) is 11.4 Å². The van der Waals surface area contributed by atoms with Crippen LogP contribution in [0, 0.1) is 13.8 Å². The third kappa shape index (κ3) is 3.10. The summed E-state index contributed by atoms with van der Waals surface area (Å²) in [5, 5.41) is 12.7. The number of carbonyl (C=O) groups excluding carboxylic acids is 1. The normalized spacial score (nSPS) is 17.0. The maximum atomic E-state index is 12.5. The number of hydrogen-bond donors (Lipinski definition) is 2. The van der Waals surface area contributed by atoms with Crippen molar-refractivity contribution in [2.45, 2.75) is 32.9 Å². The lowest BCUT2D eigenvalue weighted by Crippen LogP contribution is -2.46. The van der Waals surface area contributed by atoms with E-state index in [0.717, 1.165) is 29.1 Å². The Morgan fingerprint density at radius 1 is 1.39 bits per heavy atom. The molecule has 0 fully saturated rings. The van der Waals surface area contributed by atoms with Gasteiger partial charge in [-0.05, 0) is 37.5 Å². The van der Waals surface area contributed by atoms with E-state index < -0.39 is 0 Å². The maximum absolute atomic E-state index is 12.5. The van der Waals surface area contributed by atoms with Crippen LogP contribution < -0.4 is 5.32 Å². The molecule has 0 saturated heterocycles. The van der Waals surface area contributed by atoms with E-state index >= 15 is 0 Å². The third-order valence-corrected chi connectivity index (χ3v) is 4.42. The summed E-state index contributed by atoms with van der Waals surface area (Å²) in [5.41, 5.74) is 3.22. The zero-order chi connectivity index (χ0) is 16.4. The number of furan rings is 1. The third-order valence-electron chi connectivity index (χ3n) is 4.42. The Labute approximate surface area is 135 Å². The Morgan fingerprint density at radius 3 is 2.87 bits per heavy atom. The molecule has 0 spiro atoms. The number of hydrogen-bond acceptors (Lipinski definition) is 3. The van der Waals surface area contributed by atoms with Gasteiger partial charge in [0.2, 0.25) is 0 Å². The first-order valence-electron chi connectivity index (χ1n) is 7.89. The SMILES string of the molecule is Cc1cc(CNC(=O)N2CCc3ccccc3[C@@H]2CO)c(C)o1. The Bertz CT molecular complexity index is 708. The van der Waals surface area contributed by atoms with Crippen LogP contribution in [0.5, 0.6) is 0 Å². The van der Waals surface area contributed by atoms with Crippen LogP contribution in [0.25, 0.3) is 0 Å². The number of aryl methyl sites for hydroxylation is 2. The summed E-state index contributed by atoms with van der Waals surface area (Å²) in [6, 6.07) is 9.48. The molecule has 23 heavy (non-hydrogen) atoms. The molecule has 0 bridgehead atoms. The van der Waals surface area contributed by atoms with E-state index in [0.29, 0.717) is 13.1 Å². The smallest absolute Gasteiger partial charge is 0.318 e. The molecule has 5 heteroatoms. The quantitative estimate of drug-likeness (QED) is 0.915. The lowest BCUT2D eigenvalue weighted by Gasteiger charge is -2.36. The second-order valence-electron chi connectivity index (χ2n) is 5.94. The predicted molar refractivity (Wildman–Crippen MR) is 87.1 cm³/mol. The first-order valence-corrected chi connectivity index (χ1v) is 7.89. The molecular formula is C18H22N2O3. The highest BCUT2D eigenvalue weighted by Crippen LogP contribution is 2.29. The van der Waals surface area contributed by atoms with Gasteiger partial charge >= 0.3 is 6.03 Å². The molecule has 0 unspecified atom stereocenters. The van der Waals surface area contributed by atoms with Crippen molar-refractivity contribution >= 4 is 6.03 Å². The van der Waals surface area contributed by atoms with Gasteiger partial charge in [-0.1, -0.05) is 24.3 Å². The summed E-state index contributed by atoms with van der Waals surface area (Å²) in [6.45, 7) is 4.74. The van der Waals surface area contributed by atoms with Crippen molar-refractivity contribution in [1.82, 2.24) is 10.2 Å². The molecule has 2 heterocycles. The number of urea groups is 1. The Balaban J connectivity index is 1.71. The van der Waals surface area contributed by atoms with Gasteiger partial charge in [-0.3, -0.25) is 0 Å². The van der Waals surface area contributed by atoms with Gasteiger partial charge in [0.15, 0.2) is 0 Å². The molecule has 2 aromatic rings. The number of nitrogens with zero attached hydrogens (tertiary/aromatic N) is 1. The van der Waals surface area contributed by atoms with E-state index in [1.807, 2.05) is 38.1 Å². The van der Waals surface area contributed by atoms with Crippen molar-refractivity contribution in [3.05, 3.63) is 58.5 Å². The number of amides is 2. The van der Waals surface area contributed by atoms with Crippen LogP contribution in [-0.4, -0.2) is 29.2 Å². The monoisotopic (exact) mass is 314 g/mol. The number of fused-ring (bicyclic) bond motifs is 1. The number of rotatable bonds is 3. The van der Waals surface area contributed by atoms with Gasteiger partial charge in [-0.25, -0.2) is 4.79 Å². The fraction of sp³-hybridized carbons (Fsp3) is 0.389. The number of benzene rings is 1. The minimum atomic E-state index is -0.285. The Hall–Kier alpha value is -2.27. The molecule has 1 aromatic carbocycles. The van der Waals surface area contributed by atoms with Gasteiger partial charge in [0.1, 0.15) is 11.5 Å². The van der Waals surface area contributed by atoms with E-state index in [-0.39, 0.29) is 18.7 Å². The highest BCUT2D eigenvalue weighted by Gasteiger charge is 2.30. The number of aliphatic hydroxyl groups excluding tert-OH is 1. The van der Waals surface area contributed by atoms with Gasteiger partial charge in [-0.2, -0.15) is 0 Å². The van der Waals surface area contributed by atoms with E-state index in [9.17, 15) is 9.90 Å². The largest absolute Gasteiger partial charge is 0.466 e. The molecule has 0 aliphatic carbocycles. The van der Waals surface area contributed by atoms with E-state index in [1.54, 1.807) is 4.90 Å². The zero-order valence-corrected chi connectivity index (χ0v) is 13.5. The van der Waals surface area contributed by atoms with Gasteiger partial charge in [-0.15, -0.1) is 0 Å². The molecule has 1 aromatic heterocycles. The minimum absolute atomic E-state index is 0.0751. The topological polar surface area (TPSA) is 65.7 Å². The molecule has 2 N–H and O–H groups in total. The van der Waals surface area contributed by atoms with Crippen molar-refractivity contribution in [2.24, 2.45) is 0 Å². The first kappa shape index (κ1) is 15.6. The molecule has 5 nitrogen and oxygen atoms in total. The van der Waals surface area contributed by atoms with Crippen LogP contribution in [0.2, 0.25) is 0 Å². The molecule has 1 aliphatic heterocycles.